The van der Waals surface area contributed by atoms with Gasteiger partial charge in [0.05, 0.1) is 6.07 Å². The van der Waals surface area contributed by atoms with Crippen molar-refractivity contribution in [1.29, 1.82) is 5.26 Å². The Morgan fingerprint density at radius 3 is 1.44 bits per heavy atom. The van der Waals surface area contributed by atoms with Gasteiger partial charge in [0.2, 0.25) is 0 Å². The van der Waals surface area contributed by atoms with E-state index in [2.05, 4.69) is 0 Å². The first kappa shape index (κ1) is 16.3. The van der Waals surface area contributed by atoms with Crippen molar-refractivity contribution in [2.75, 3.05) is 0 Å². The molecule has 0 spiro atoms. The van der Waals surface area contributed by atoms with Gasteiger partial charge in [-0.15, -0.1) is 0 Å². The van der Waals surface area contributed by atoms with E-state index in [1.807, 2.05) is 0 Å². The maximum atomic E-state index is 8.88. The summed E-state index contributed by atoms with van der Waals surface area (Å²) in [6.07, 6.45) is 0. The summed E-state index contributed by atoms with van der Waals surface area (Å²) in [6, 6.07) is 1.75. The molecule has 9 heavy (non-hydrogen) atoms. The largest absolute Gasteiger partial charge is 0.466 e. The zero-order valence-corrected chi connectivity index (χ0v) is 8.04. The van der Waals surface area contributed by atoms with E-state index in [-0.39, 0.29) is 29.6 Å². The summed E-state index contributed by atoms with van der Waals surface area (Å²) in [6.45, 7) is 1.43. The maximum Gasteiger partial charge on any atom is 0.466 e. The molecule has 0 unspecified atom stereocenters. The van der Waals surface area contributed by atoms with E-state index < -0.39 is 7.82 Å². The number of nitriles is 1. The summed E-state index contributed by atoms with van der Waals surface area (Å²) in [5.41, 5.74) is 0. The van der Waals surface area contributed by atoms with Gasteiger partial charge in [-0.1, -0.05) is 0 Å². The Balaban J connectivity index is -0.0000000800. The molecule has 0 bridgehead atoms. The average Bonchev–Trinajstić information content (AvgIpc) is 1.27. The van der Waals surface area contributed by atoms with Crippen LogP contribution >= 0.6 is 7.82 Å². The van der Waals surface area contributed by atoms with Crippen LogP contribution in [0.25, 0.3) is 0 Å². The van der Waals surface area contributed by atoms with Crippen LogP contribution in [0.5, 0.6) is 0 Å². The van der Waals surface area contributed by atoms with Gasteiger partial charge in [-0.3, -0.25) is 0 Å². The van der Waals surface area contributed by atoms with E-state index >= 15 is 0 Å². The fraction of sp³-hybridized carbons (Fsp3) is 0.500. The van der Waals surface area contributed by atoms with Crippen LogP contribution in [0.4, 0.5) is 0 Å². The molecule has 0 aliphatic heterocycles. The summed E-state index contributed by atoms with van der Waals surface area (Å²) in [4.78, 5) is 21.6. The molecule has 0 heterocycles. The Hall–Kier alpha value is 0.600. The van der Waals surface area contributed by atoms with Crippen molar-refractivity contribution in [1.82, 2.24) is 0 Å². The molecule has 1 radical (unpaired) electrons. The second-order valence-electron chi connectivity index (χ2n) is 0.737. The van der Waals surface area contributed by atoms with Crippen LogP contribution in [0.15, 0.2) is 0 Å². The third kappa shape index (κ3) is 1040. The monoisotopic (exact) mass is 162 g/mol. The van der Waals surface area contributed by atoms with Gasteiger partial charge >= 0.3 is 7.82 Å². The van der Waals surface area contributed by atoms with Crippen molar-refractivity contribution < 1.29 is 19.2 Å². The number of phosphoric acid groups is 1. The second-order valence-corrected chi connectivity index (χ2v) is 1.76. The van der Waals surface area contributed by atoms with Crippen molar-refractivity contribution >= 4 is 37.4 Å². The van der Waals surface area contributed by atoms with Gasteiger partial charge in [-0.2, -0.15) is 5.26 Å². The first-order chi connectivity index (χ1) is 3.41. The zero-order chi connectivity index (χ0) is 7.21. The normalized spacial score (nSPS) is 7.44. The number of rotatable bonds is 0. The predicted octanol–water partition coefficient (Wildman–Crippen LogP) is -0.780. The Bertz CT molecular complexity index is 117. The fourth-order valence-corrected chi connectivity index (χ4v) is 0. The van der Waals surface area contributed by atoms with Crippen LogP contribution in [0, 0.1) is 11.3 Å². The van der Waals surface area contributed by atoms with E-state index in [0.717, 1.165) is 0 Å². The van der Waals surface area contributed by atoms with Gasteiger partial charge in [-0.05, 0) is 0 Å². The predicted molar refractivity (Wildman–Crippen MR) is 31.3 cm³/mol. The molecular formula is C2H6NNaO4P. The Morgan fingerprint density at radius 1 is 1.44 bits per heavy atom. The molecule has 49 valence electrons. The molecule has 0 aromatic rings. The Labute approximate surface area is 74.8 Å². The van der Waals surface area contributed by atoms with E-state index in [9.17, 15) is 0 Å². The molecule has 0 saturated carbocycles. The first-order valence-electron chi connectivity index (χ1n) is 1.51. The molecular weight excluding hydrogens is 156 g/mol. The van der Waals surface area contributed by atoms with Crippen LogP contribution in [-0.4, -0.2) is 44.2 Å². The number of nitrogens with zero attached hydrogens (tertiary/aromatic N) is 1. The van der Waals surface area contributed by atoms with Gasteiger partial charge in [0, 0.05) is 36.5 Å². The van der Waals surface area contributed by atoms with Crippen LogP contribution in [0.2, 0.25) is 0 Å². The number of hydrogen-bond acceptors (Lipinski definition) is 2. The van der Waals surface area contributed by atoms with Crippen LogP contribution in [0.3, 0.4) is 0 Å². The molecule has 0 aliphatic carbocycles. The standard InChI is InChI=1S/C2H3N.Na.H3O4P/c1-2-3;;1-5(2,3)4/h1H3;;(H3,1,2,3,4). The first-order valence-corrected chi connectivity index (χ1v) is 3.07. The molecule has 3 N–H and O–H groups in total. The van der Waals surface area contributed by atoms with Crippen LogP contribution < -0.4 is 0 Å². The molecule has 0 fully saturated rings. The third-order valence-electron chi connectivity index (χ3n) is 0. The summed E-state index contributed by atoms with van der Waals surface area (Å²) < 4.78 is 8.88. The quantitative estimate of drug-likeness (QED) is 0.320. The average molecular weight is 162 g/mol. The SMILES string of the molecule is CC#N.O=P(O)(O)O.[Na]. The van der Waals surface area contributed by atoms with Gasteiger partial charge in [0.1, 0.15) is 0 Å². The van der Waals surface area contributed by atoms with Crippen molar-refractivity contribution in [3.8, 4) is 6.07 Å². The minimum atomic E-state index is -4.64. The van der Waals surface area contributed by atoms with Gasteiger partial charge in [0.15, 0.2) is 0 Å². The van der Waals surface area contributed by atoms with E-state index in [1.54, 1.807) is 6.07 Å². The second kappa shape index (κ2) is 8.60. The van der Waals surface area contributed by atoms with Gasteiger partial charge in [0.25, 0.3) is 0 Å². The summed E-state index contributed by atoms with van der Waals surface area (Å²) >= 11 is 0. The Morgan fingerprint density at radius 2 is 1.44 bits per heavy atom. The van der Waals surface area contributed by atoms with Gasteiger partial charge in [-0.25, -0.2) is 4.57 Å². The molecule has 5 nitrogen and oxygen atoms in total. The van der Waals surface area contributed by atoms with E-state index in [4.69, 9.17) is 24.5 Å². The molecule has 0 aromatic carbocycles. The molecule has 0 amide bonds. The minimum Gasteiger partial charge on any atom is -0.303 e. The molecule has 0 aromatic heterocycles. The van der Waals surface area contributed by atoms with Crippen molar-refractivity contribution in [2.45, 2.75) is 6.92 Å². The molecule has 0 aliphatic rings. The topological polar surface area (TPSA) is 102 Å². The van der Waals surface area contributed by atoms with Gasteiger partial charge < -0.3 is 14.7 Å². The van der Waals surface area contributed by atoms with Crippen molar-refractivity contribution in [3.05, 3.63) is 0 Å². The smallest absolute Gasteiger partial charge is 0.303 e. The van der Waals surface area contributed by atoms with Crippen LogP contribution in [0.1, 0.15) is 6.92 Å². The summed E-state index contributed by atoms with van der Waals surface area (Å²) in [7, 11) is -4.64. The van der Waals surface area contributed by atoms with Crippen molar-refractivity contribution in [2.24, 2.45) is 0 Å². The summed E-state index contributed by atoms with van der Waals surface area (Å²) in [5.74, 6) is 0. The zero-order valence-electron chi connectivity index (χ0n) is 5.14. The summed E-state index contributed by atoms with van der Waals surface area (Å²) in [5, 5.41) is 7.32. The van der Waals surface area contributed by atoms with Crippen LogP contribution in [-0.2, 0) is 4.57 Å². The molecule has 7 heteroatoms. The van der Waals surface area contributed by atoms with E-state index in [1.165, 1.54) is 6.92 Å². The third-order valence-corrected chi connectivity index (χ3v) is 0. The molecule has 0 saturated heterocycles. The van der Waals surface area contributed by atoms with E-state index in [0.29, 0.717) is 0 Å². The molecule has 0 atom stereocenters. The minimum absolute atomic E-state index is 0. The fourth-order valence-electron chi connectivity index (χ4n) is 0. The maximum absolute atomic E-state index is 8.88. The number of hydrogen-bond donors (Lipinski definition) is 3. The van der Waals surface area contributed by atoms with Crippen molar-refractivity contribution in [3.63, 3.8) is 0 Å². The molecule has 0 rings (SSSR count). The Kier molecular flexibility index (Phi) is 15.6.